The Hall–Kier alpha value is -1.91. The molecule has 0 unspecified atom stereocenters. The first-order chi connectivity index (χ1) is 9.74. The van der Waals surface area contributed by atoms with E-state index < -0.39 is 0 Å². The highest BCUT2D eigenvalue weighted by Gasteiger charge is 2.17. The van der Waals surface area contributed by atoms with Gasteiger partial charge >= 0.3 is 6.03 Å². The second kappa shape index (κ2) is 7.03. The zero-order valence-corrected chi connectivity index (χ0v) is 12.1. The minimum Gasteiger partial charge on any atom is -0.493 e. The fourth-order valence-electron chi connectivity index (χ4n) is 2.57. The van der Waals surface area contributed by atoms with Crippen molar-refractivity contribution in [1.29, 1.82) is 0 Å². The molecule has 2 N–H and O–H groups in total. The Kier molecular flexibility index (Phi) is 5.09. The highest BCUT2D eigenvalue weighted by atomic mass is 16.5. The van der Waals surface area contributed by atoms with Crippen molar-refractivity contribution in [2.24, 2.45) is 0 Å². The van der Waals surface area contributed by atoms with Crippen molar-refractivity contribution in [1.82, 2.24) is 10.6 Å². The number of rotatable bonds is 5. The first kappa shape index (κ1) is 14.5. The summed E-state index contributed by atoms with van der Waals surface area (Å²) in [6.07, 6.45) is 4.56. The molecule has 20 heavy (non-hydrogen) atoms. The van der Waals surface area contributed by atoms with Crippen LogP contribution in [0, 0.1) is 0 Å². The number of amides is 2. The summed E-state index contributed by atoms with van der Waals surface area (Å²) in [5.41, 5.74) is 0.897. The SMILES string of the molecule is COc1cccc(CNC(=O)NC2CCCC2)c1OC. The molecular weight excluding hydrogens is 256 g/mol. The van der Waals surface area contributed by atoms with Gasteiger partial charge in [-0.2, -0.15) is 0 Å². The Balaban J connectivity index is 1.91. The van der Waals surface area contributed by atoms with Crippen LogP contribution < -0.4 is 20.1 Å². The molecule has 5 heteroatoms. The molecule has 1 aliphatic rings. The number of ether oxygens (including phenoxy) is 2. The first-order valence-corrected chi connectivity index (χ1v) is 6.99. The van der Waals surface area contributed by atoms with E-state index in [9.17, 15) is 4.79 Å². The standard InChI is InChI=1S/C15H22N2O3/c1-19-13-9-5-6-11(14(13)20-2)10-16-15(18)17-12-7-3-4-8-12/h5-6,9,12H,3-4,7-8,10H2,1-2H3,(H2,16,17,18). The summed E-state index contributed by atoms with van der Waals surface area (Å²) in [4.78, 5) is 11.8. The number of methoxy groups -OCH3 is 2. The van der Waals surface area contributed by atoms with E-state index in [-0.39, 0.29) is 6.03 Å². The van der Waals surface area contributed by atoms with Gasteiger partial charge in [0.25, 0.3) is 0 Å². The first-order valence-electron chi connectivity index (χ1n) is 6.99. The second-order valence-corrected chi connectivity index (χ2v) is 4.96. The van der Waals surface area contributed by atoms with Gasteiger partial charge in [0.15, 0.2) is 11.5 Å². The molecule has 0 radical (unpaired) electrons. The van der Waals surface area contributed by atoms with Gasteiger partial charge in [0.2, 0.25) is 0 Å². The largest absolute Gasteiger partial charge is 0.493 e. The van der Waals surface area contributed by atoms with E-state index in [2.05, 4.69) is 10.6 Å². The molecule has 0 atom stereocenters. The molecule has 110 valence electrons. The van der Waals surface area contributed by atoms with Crippen LogP contribution in [-0.2, 0) is 6.54 Å². The van der Waals surface area contributed by atoms with Crippen LogP contribution in [0.1, 0.15) is 31.2 Å². The second-order valence-electron chi connectivity index (χ2n) is 4.96. The maximum Gasteiger partial charge on any atom is 0.315 e. The molecule has 0 aliphatic heterocycles. The van der Waals surface area contributed by atoms with Crippen molar-refractivity contribution in [3.63, 3.8) is 0 Å². The number of hydrogen-bond acceptors (Lipinski definition) is 3. The summed E-state index contributed by atoms with van der Waals surface area (Å²) in [6, 6.07) is 5.83. The van der Waals surface area contributed by atoms with E-state index in [1.54, 1.807) is 14.2 Å². The normalized spacial score (nSPS) is 14.9. The maximum atomic E-state index is 11.8. The van der Waals surface area contributed by atoms with Gasteiger partial charge in [-0.3, -0.25) is 0 Å². The van der Waals surface area contributed by atoms with Gasteiger partial charge in [-0.15, -0.1) is 0 Å². The average Bonchev–Trinajstić information content (AvgIpc) is 2.97. The summed E-state index contributed by atoms with van der Waals surface area (Å²) >= 11 is 0. The molecule has 1 aliphatic carbocycles. The maximum absolute atomic E-state index is 11.8. The van der Waals surface area contributed by atoms with E-state index >= 15 is 0 Å². The van der Waals surface area contributed by atoms with Crippen LogP contribution in [0.25, 0.3) is 0 Å². The molecule has 0 spiro atoms. The number of hydrogen-bond donors (Lipinski definition) is 2. The van der Waals surface area contributed by atoms with E-state index in [1.807, 2.05) is 18.2 Å². The summed E-state index contributed by atoms with van der Waals surface area (Å²) in [5.74, 6) is 1.33. The molecule has 1 saturated carbocycles. The van der Waals surface area contributed by atoms with Crippen LogP contribution in [0.2, 0.25) is 0 Å². The third kappa shape index (κ3) is 3.56. The zero-order valence-electron chi connectivity index (χ0n) is 12.1. The van der Waals surface area contributed by atoms with Crippen LogP contribution in [-0.4, -0.2) is 26.3 Å². The van der Waals surface area contributed by atoms with Crippen LogP contribution >= 0.6 is 0 Å². The predicted molar refractivity (Wildman–Crippen MR) is 77.2 cm³/mol. The number of carbonyl (C=O) groups is 1. The van der Waals surface area contributed by atoms with Crippen molar-refractivity contribution < 1.29 is 14.3 Å². The lowest BCUT2D eigenvalue weighted by Gasteiger charge is -2.15. The third-order valence-electron chi connectivity index (χ3n) is 3.61. The Morgan fingerprint density at radius 3 is 2.65 bits per heavy atom. The van der Waals surface area contributed by atoms with Gasteiger partial charge in [0, 0.05) is 18.2 Å². The quantitative estimate of drug-likeness (QED) is 0.869. The summed E-state index contributed by atoms with van der Waals surface area (Å²) in [5, 5.41) is 5.86. The summed E-state index contributed by atoms with van der Waals surface area (Å²) in [6.45, 7) is 0.416. The molecule has 0 heterocycles. The van der Waals surface area contributed by atoms with Crippen molar-refractivity contribution in [2.45, 2.75) is 38.3 Å². The van der Waals surface area contributed by atoms with E-state index in [0.717, 1.165) is 18.4 Å². The fraction of sp³-hybridized carbons (Fsp3) is 0.533. The van der Waals surface area contributed by atoms with E-state index in [4.69, 9.17) is 9.47 Å². The molecule has 5 nitrogen and oxygen atoms in total. The lowest BCUT2D eigenvalue weighted by molar-refractivity contribution is 0.236. The number of benzene rings is 1. The van der Waals surface area contributed by atoms with E-state index in [1.165, 1.54) is 12.8 Å². The summed E-state index contributed by atoms with van der Waals surface area (Å²) < 4.78 is 10.6. The van der Waals surface area contributed by atoms with Crippen LogP contribution in [0.4, 0.5) is 4.79 Å². The Bertz CT molecular complexity index is 456. The molecule has 1 aromatic carbocycles. The molecule has 0 bridgehead atoms. The number of carbonyl (C=O) groups excluding carboxylic acids is 1. The van der Waals surface area contributed by atoms with Gasteiger partial charge in [-0.05, 0) is 18.9 Å². The molecule has 2 rings (SSSR count). The van der Waals surface area contributed by atoms with Crippen molar-refractivity contribution >= 4 is 6.03 Å². The topological polar surface area (TPSA) is 59.6 Å². The fourth-order valence-corrected chi connectivity index (χ4v) is 2.57. The average molecular weight is 278 g/mol. The van der Waals surface area contributed by atoms with Crippen molar-refractivity contribution in [2.75, 3.05) is 14.2 Å². The number of para-hydroxylation sites is 1. The van der Waals surface area contributed by atoms with Gasteiger partial charge in [-0.1, -0.05) is 25.0 Å². The van der Waals surface area contributed by atoms with Crippen LogP contribution in [0.15, 0.2) is 18.2 Å². The molecule has 1 aromatic rings. The number of urea groups is 1. The molecular formula is C15H22N2O3. The lowest BCUT2D eigenvalue weighted by atomic mass is 10.2. The van der Waals surface area contributed by atoms with Crippen LogP contribution in [0.5, 0.6) is 11.5 Å². The highest BCUT2D eigenvalue weighted by Crippen LogP contribution is 2.30. The van der Waals surface area contributed by atoms with Gasteiger partial charge < -0.3 is 20.1 Å². The Labute approximate surface area is 119 Å². The summed E-state index contributed by atoms with van der Waals surface area (Å²) in [7, 11) is 3.20. The van der Waals surface area contributed by atoms with Gasteiger partial charge in [-0.25, -0.2) is 4.79 Å². The molecule has 0 saturated heterocycles. The monoisotopic (exact) mass is 278 g/mol. The molecule has 1 fully saturated rings. The smallest absolute Gasteiger partial charge is 0.315 e. The third-order valence-corrected chi connectivity index (χ3v) is 3.61. The Morgan fingerprint density at radius 1 is 1.25 bits per heavy atom. The van der Waals surface area contributed by atoms with Gasteiger partial charge in [0.05, 0.1) is 14.2 Å². The predicted octanol–water partition coefficient (Wildman–Crippen LogP) is 2.45. The molecule has 0 aromatic heterocycles. The molecule has 2 amide bonds. The van der Waals surface area contributed by atoms with Crippen molar-refractivity contribution in [3.8, 4) is 11.5 Å². The Morgan fingerprint density at radius 2 is 2.00 bits per heavy atom. The number of nitrogens with one attached hydrogen (secondary N) is 2. The highest BCUT2D eigenvalue weighted by molar-refractivity contribution is 5.74. The minimum atomic E-state index is -0.123. The van der Waals surface area contributed by atoms with Crippen molar-refractivity contribution in [3.05, 3.63) is 23.8 Å². The van der Waals surface area contributed by atoms with Crippen LogP contribution in [0.3, 0.4) is 0 Å². The zero-order chi connectivity index (χ0) is 14.4. The minimum absolute atomic E-state index is 0.123. The van der Waals surface area contributed by atoms with Gasteiger partial charge in [0.1, 0.15) is 0 Å². The lowest BCUT2D eigenvalue weighted by Crippen LogP contribution is -2.40. The van der Waals surface area contributed by atoms with E-state index in [0.29, 0.717) is 24.1 Å².